The molecule has 0 spiro atoms. The summed E-state index contributed by atoms with van der Waals surface area (Å²) in [5, 5.41) is -0.462. The van der Waals surface area contributed by atoms with Crippen molar-refractivity contribution in [1.82, 2.24) is 14.5 Å². The molecule has 0 aliphatic heterocycles. The Bertz CT molecular complexity index is 1190. The fourth-order valence-electron chi connectivity index (χ4n) is 3.19. The molecule has 0 unspecified atom stereocenters. The standard InChI is InChI=1S/C19H16F3N3OS/c1-9-3-4-11(7-10(9)2)14-8-13(19(20,21)22)15-16(23-14)25(12-5-6-12)18(27)24-17(15)26/h3-4,7-8,12H,5-6H2,1-2H3,(H,24,26,27). The van der Waals surface area contributed by atoms with Crippen LogP contribution in [0.1, 0.15) is 35.6 Å². The second kappa shape index (κ2) is 6.02. The number of aryl methyl sites for hydroxylation is 2. The van der Waals surface area contributed by atoms with Gasteiger partial charge >= 0.3 is 6.18 Å². The molecule has 1 N–H and O–H groups in total. The van der Waals surface area contributed by atoms with Gasteiger partial charge in [0, 0.05) is 11.6 Å². The van der Waals surface area contributed by atoms with Gasteiger partial charge in [0.2, 0.25) is 0 Å². The Labute approximate surface area is 157 Å². The summed E-state index contributed by atoms with van der Waals surface area (Å²) in [5.41, 5.74) is 0.867. The summed E-state index contributed by atoms with van der Waals surface area (Å²) in [6.45, 7) is 3.82. The van der Waals surface area contributed by atoms with Crippen LogP contribution < -0.4 is 5.56 Å². The number of aromatic nitrogens is 3. The first-order valence-corrected chi connectivity index (χ1v) is 8.92. The molecule has 1 aliphatic carbocycles. The third kappa shape index (κ3) is 3.07. The van der Waals surface area contributed by atoms with E-state index in [4.69, 9.17) is 12.2 Å². The number of alkyl halides is 3. The molecule has 0 atom stereocenters. The minimum Gasteiger partial charge on any atom is -0.299 e. The Morgan fingerprint density at radius 2 is 1.89 bits per heavy atom. The molecule has 2 heterocycles. The first-order chi connectivity index (χ1) is 12.7. The highest BCUT2D eigenvalue weighted by atomic mass is 32.1. The van der Waals surface area contributed by atoms with Crippen LogP contribution in [0.2, 0.25) is 0 Å². The maximum atomic E-state index is 13.8. The third-order valence-electron chi connectivity index (χ3n) is 4.91. The number of nitrogens with zero attached hydrogens (tertiary/aromatic N) is 2. The van der Waals surface area contributed by atoms with Gasteiger partial charge < -0.3 is 0 Å². The molecular formula is C19H16F3N3OS. The van der Waals surface area contributed by atoms with E-state index in [1.54, 1.807) is 16.7 Å². The molecule has 4 nitrogen and oxygen atoms in total. The van der Waals surface area contributed by atoms with E-state index in [0.717, 1.165) is 30.0 Å². The predicted octanol–water partition coefficient (Wildman–Crippen LogP) is 5.09. The fourth-order valence-corrected chi connectivity index (χ4v) is 3.52. The lowest BCUT2D eigenvalue weighted by atomic mass is 10.0. The number of fused-ring (bicyclic) bond motifs is 1. The summed E-state index contributed by atoms with van der Waals surface area (Å²) < 4.78 is 43.0. The van der Waals surface area contributed by atoms with Gasteiger partial charge in [0.1, 0.15) is 5.65 Å². The number of nitrogens with one attached hydrogen (secondary N) is 1. The van der Waals surface area contributed by atoms with Crippen molar-refractivity contribution < 1.29 is 13.2 Å². The van der Waals surface area contributed by atoms with Crippen molar-refractivity contribution in [2.45, 2.75) is 38.9 Å². The molecule has 0 amide bonds. The number of halogens is 3. The highest BCUT2D eigenvalue weighted by Gasteiger charge is 2.37. The van der Waals surface area contributed by atoms with E-state index in [9.17, 15) is 18.0 Å². The van der Waals surface area contributed by atoms with Gasteiger partial charge in [-0.1, -0.05) is 12.1 Å². The van der Waals surface area contributed by atoms with E-state index in [1.807, 2.05) is 19.9 Å². The lowest BCUT2D eigenvalue weighted by Gasteiger charge is -2.16. The molecule has 0 radical (unpaired) electrons. The van der Waals surface area contributed by atoms with Gasteiger partial charge in [-0.05, 0) is 62.2 Å². The lowest BCUT2D eigenvalue weighted by Crippen LogP contribution is -2.20. The molecule has 1 aromatic carbocycles. The molecule has 0 saturated heterocycles. The highest BCUT2D eigenvalue weighted by Crippen LogP contribution is 2.40. The summed E-state index contributed by atoms with van der Waals surface area (Å²) in [7, 11) is 0. The van der Waals surface area contributed by atoms with Crippen molar-refractivity contribution >= 4 is 23.3 Å². The van der Waals surface area contributed by atoms with Crippen LogP contribution in [0.5, 0.6) is 0 Å². The van der Waals surface area contributed by atoms with E-state index in [0.29, 0.717) is 5.56 Å². The van der Waals surface area contributed by atoms with Crippen LogP contribution in [-0.2, 0) is 6.18 Å². The predicted molar refractivity (Wildman–Crippen MR) is 99.4 cm³/mol. The lowest BCUT2D eigenvalue weighted by molar-refractivity contribution is -0.136. The summed E-state index contributed by atoms with van der Waals surface area (Å²) in [4.78, 5) is 19.2. The zero-order valence-electron chi connectivity index (χ0n) is 14.6. The number of benzene rings is 1. The van der Waals surface area contributed by atoms with E-state index < -0.39 is 22.7 Å². The van der Waals surface area contributed by atoms with Crippen molar-refractivity contribution in [1.29, 1.82) is 0 Å². The Balaban J connectivity index is 2.13. The van der Waals surface area contributed by atoms with Gasteiger partial charge in [-0.25, -0.2) is 4.98 Å². The van der Waals surface area contributed by atoms with Gasteiger partial charge in [0.05, 0.1) is 16.6 Å². The number of aromatic amines is 1. The number of pyridine rings is 1. The van der Waals surface area contributed by atoms with Crippen LogP contribution >= 0.6 is 12.2 Å². The minimum atomic E-state index is -4.69. The maximum absolute atomic E-state index is 13.8. The molecule has 2 aromatic heterocycles. The number of hydrogen-bond donors (Lipinski definition) is 1. The summed E-state index contributed by atoms with van der Waals surface area (Å²) in [6, 6.07) is 6.30. The van der Waals surface area contributed by atoms with Gasteiger partial charge in [-0.3, -0.25) is 14.3 Å². The molecule has 140 valence electrons. The average molecular weight is 391 g/mol. The van der Waals surface area contributed by atoms with Crippen molar-refractivity contribution in [3.63, 3.8) is 0 Å². The molecule has 4 rings (SSSR count). The molecule has 1 fully saturated rings. The van der Waals surface area contributed by atoms with Crippen molar-refractivity contribution in [2.75, 3.05) is 0 Å². The number of hydrogen-bond acceptors (Lipinski definition) is 3. The molecule has 27 heavy (non-hydrogen) atoms. The summed E-state index contributed by atoms with van der Waals surface area (Å²) in [6.07, 6.45) is -3.09. The van der Waals surface area contributed by atoms with Gasteiger partial charge in [-0.2, -0.15) is 13.2 Å². The SMILES string of the molecule is Cc1ccc(-c2cc(C(F)(F)F)c3c(=O)[nH]c(=S)n(C4CC4)c3n2)cc1C. The number of rotatable bonds is 2. The average Bonchev–Trinajstić information content (AvgIpc) is 3.40. The molecule has 0 bridgehead atoms. The maximum Gasteiger partial charge on any atom is 0.417 e. The Kier molecular flexibility index (Phi) is 3.99. The monoisotopic (exact) mass is 391 g/mol. The van der Waals surface area contributed by atoms with Crippen molar-refractivity contribution in [3.8, 4) is 11.3 Å². The Morgan fingerprint density at radius 1 is 1.19 bits per heavy atom. The normalized spacial score (nSPS) is 14.7. The molecule has 8 heteroatoms. The van der Waals surface area contributed by atoms with Crippen LogP contribution in [0.15, 0.2) is 29.1 Å². The summed E-state index contributed by atoms with van der Waals surface area (Å²) >= 11 is 5.20. The first-order valence-electron chi connectivity index (χ1n) is 8.51. The largest absolute Gasteiger partial charge is 0.417 e. The molecule has 1 aliphatic rings. The quantitative estimate of drug-likeness (QED) is 0.619. The Morgan fingerprint density at radius 3 is 2.48 bits per heavy atom. The second-order valence-electron chi connectivity index (χ2n) is 6.91. The zero-order valence-corrected chi connectivity index (χ0v) is 15.5. The smallest absolute Gasteiger partial charge is 0.299 e. The van der Waals surface area contributed by atoms with E-state index in [-0.39, 0.29) is 22.2 Å². The fraction of sp³-hybridized carbons (Fsp3) is 0.316. The van der Waals surface area contributed by atoms with Crippen molar-refractivity contribution in [3.05, 3.63) is 56.1 Å². The topological polar surface area (TPSA) is 50.7 Å². The van der Waals surface area contributed by atoms with E-state index in [2.05, 4.69) is 9.97 Å². The van der Waals surface area contributed by atoms with Crippen LogP contribution in [0.4, 0.5) is 13.2 Å². The van der Waals surface area contributed by atoms with Gasteiger partial charge in [0.15, 0.2) is 4.77 Å². The second-order valence-corrected chi connectivity index (χ2v) is 7.30. The summed E-state index contributed by atoms with van der Waals surface area (Å²) in [5.74, 6) is 0. The van der Waals surface area contributed by atoms with Gasteiger partial charge in [0.25, 0.3) is 5.56 Å². The van der Waals surface area contributed by atoms with Crippen LogP contribution in [0.3, 0.4) is 0 Å². The van der Waals surface area contributed by atoms with E-state index in [1.165, 1.54) is 0 Å². The van der Waals surface area contributed by atoms with Crippen LogP contribution in [-0.4, -0.2) is 14.5 Å². The molecule has 3 aromatic rings. The molecule has 1 saturated carbocycles. The highest BCUT2D eigenvalue weighted by molar-refractivity contribution is 7.71. The van der Waals surface area contributed by atoms with Crippen LogP contribution in [0, 0.1) is 18.6 Å². The third-order valence-corrected chi connectivity index (χ3v) is 5.21. The van der Waals surface area contributed by atoms with Gasteiger partial charge in [-0.15, -0.1) is 0 Å². The van der Waals surface area contributed by atoms with E-state index >= 15 is 0 Å². The van der Waals surface area contributed by atoms with Crippen LogP contribution in [0.25, 0.3) is 22.3 Å². The first kappa shape index (κ1) is 17.9. The minimum absolute atomic E-state index is 0.00527. The zero-order chi connectivity index (χ0) is 19.5. The Hall–Kier alpha value is -2.48. The molecular weight excluding hydrogens is 375 g/mol. The number of H-pyrrole nitrogens is 1. The van der Waals surface area contributed by atoms with Crippen molar-refractivity contribution in [2.24, 2.45) is 0 Å².